The number of amides is 2. The molecule has 200 valence electrons. The molecule has 0 aromatic carbocycles. The van der Waals surface area contributed by atoms with Crippen molar-refractivity contribution in [3.63, 3.8) is 0 Å². The molecular weight excluding hydrogens is 496 g/mol. The van der Waals surface area contributed by atoms with Crippen molar-refractivity contribution >= 4 is 23.6 Å². The molecule has 1 fully saturated rings. The molecule has 1 aliphatic rings. The number of carbonyl (C=O) groups excluding carboxylic acids is 3. The number of hydrogen-bond donors (Lipinski definition) is 4. The third-order valence-electron chi connectivity index (χ3n) is 6.35. The topological polar surface area (TPSA) is 227 Å². The second-order valence-electron chi connectivity index (χ2n) is 9.05. The quantitative estimate of drug-likeness (QED) is 0.235. The number of aliphatic carboxylic acids is 1. The van der Waals surface area contributed by atoms with Gasteiger partial charge in [0.15, 0.2) is 11.8 Å². The monoisotopic (exact) mass is 524 g/mol. The molecule has 0 unspecified atom stereocenters. The van der Waals surface area contributed by atoms with E-state index in [-0.39, 0.29) is 30.2 Å². The van der Waals surface area contributed by atoms with Gasteiger partial charge in [-0.1, -0.05) is 16.5 Å². The van der Waals surface area contributed by atoms with Gasteiger partial charge in [0.2, 0.25) is 11.8 Å². The Bertz CT molecular complexity index is 1330. The fourth-order valence-corrected chi connectivity index (χ4v) is 4.36. The number of piperidine rings is 1. The Morgan fingerprint density at radius 3 is 2.03 bits per heavy atom. The van der Waals surface area contributed by atoms with Crippen LogP contribution < -0.4 is 16.8 Å². The first kappa shape index (κ1) is 26.5. The zero-order chi connectivity index (χ0) is 27.2. The number of ketones is 1. The summed E-state index contributed by atoms with van der Waals surface area (Å²) in [7, 11) is 0. The summed E-state index contributed by atoms with van der Waals surface area (Å²) < 4.78 is 2.50. The first-order chi connectivity index (χ1) is 18.2. The number of carboxylic acids is 1. The van der Waals surface area contributed by atoms with Crippen molar-refractivity contribution in [2.24, 2.45) is 17.4 Å². The van der Waals surface area contributed by atoms with Gasteiger partial charge in [-0.25, -0.2) is 19.1 Å². The van der Waals surface area contributed by atoms with Gasteiger partial charge < -0.3 is 21.9 Å². The van der Waals surface area contributed by atoms with Crippen LogP contribution in [0.2, 0.25) is 0 Å². The Morgan fingerprint density at radius 2 is 1.50 bits per heavy atom. The third-order valence-corrected chi connectivity index (χ3v) is 6.35. The maximum Gasteiger partial charge on any atom is 0.329 e. The lowest BCUT2D eigenvalue weighted by Gasteiger charge is -2.25. The minimum atomic E-state index is -1.30. The van der Waals surface area contributed by atoms with E-state index in [0.29, 0.717) is 29.9 Å². The van der Waals surface area contributed by atoms with E-state index in [1.807, 2.05) is 0 Å². The minimum absolute atomic E-state index is 0.00790. The van der Waals surface area contributed by atoms with Gasteiger partial charge in [0, 0.05) is 12.3 Å². The normalized spacial score (nSPS) is 15.6. The standard InChI is InChI=1S/C23H28N10O5/c24-20(34)5-4-18(22(36)13-6-8-26-9-7-13)32-11-16(28-30-32)14-2-1-3-15(27-14)17-12-33(31-29-17)19(23(37)38)10-21(25)35/h1-3,11-13,18-19,26H,4-10H2,(H2,24,34)(H2,25,35)(H,37,38)/t18-,19-/m0/s1. The lowest BCUT2D eigenvalue weighted by Crippen LogP contribution is -2.36. The summed E-state index contributed by atoms with van der Waals surface area (Å²) >= 11 is 0. The highest BCUT2D eigenvalue weighted by Gasteiger charge is 2.31. The van der Waals surface area contributed by atoms with E-state index in [1.54, 1.807) is 24.4 Å². The predicted molar refractivity (Wildman–Crippen MR) is 131 cm³/mol. The number of rotatable bonds is 12. The number of carboxylic acid groups (broad SMARTS) is 1. The second-order valence-corrected chi connectivity index (χ2v) is 9.05. The van der Waals surface area contributed by atoms with Crippen LogP contribution in [0.1, 0.15) is 44.2 Å². The van der Waals surface area contributed by atoms with E-state index in [1.165, 1.54) is 10.9 Å². The van der Waals surface area contributed by atoms with Crippen LogP contribution >= 0.6 is 0 Å². The molecule has 0 spiro atoms. The summed E-state index contributed by atoms with van der Waals surface area (Å²) in [4.78, 5) is 52.0. The molecular formula is C23H28N10O5. The van der Waals surface area contributed by atoms with Crippen LogP contribution in [0.4, 0.5) is 0 Å². The average molecular weight is 525 g/mol. The molecule has 1 saturated heterocycles. The fraction of sp³-hybridized carbons (Fsp3) is 0.435. The molecule has 15 nitrogen and oxygen atoms in total. The van der Waals surface area contributed by atoms with Crippen molar-refractivity contribution in [2.45, 2.75) is 44.2 Å². The van der Waals surface area contributed by atoms with E-state index >= 15 is 0 Å². The summed E-state index contributed by atoms with van der Waals surface area (Å²) in [5.74, 6) is -2.72. The highest BCUT2D eigenvalue weighted by atomic mass is 16.4. The molecule has 1 aliphatic heterocycles. The number of pyridine rings is 1. The van der Waals surface area contributed by atoms with Crippen molar-refractivity contribution in [1.29, 1.82) is 0 Å². The Hall–Kier alpha value is -4.53. The summed E-state index contributed by atoms with van der Waals surface area (Å²) in [6, 6.07) is 3.07. The van der Waals surface area contributed by atoms with Gasteiger partial charge in [-0.15, -0.1) is 10.2 Å². The van der Waals surface area contributed by atoms with Gasteiger partial charge >= 0.3 is 5.97 Å². The number of nitrogens with one attached hydrogen (secondary N) is 1. The Labute approximate surface area is 216 Å². The number of primary amides is 2. The van der Waals surface area contributed by atoms with Crippen LogP contribution in [-0.4, -0.2) is 76.7 Å². The molecule has 4 rings (SSSR count). The van der Waals surface area contributed by atoms with E-state index in [9.17, 15) is 24.3 Å². The Morgan fingerprint density at radius 1 is 0.921 bits per heavy atom. The van der Waals surface area contributed by atoms with Crippen LogP contribution in [0.25, 0.3) is 22.8 Å². The summed E-state index contributed by atoms with van der Waals surface area (Å²) in [5, 5.41) is 28.8. The molecule has 6 N–H and O–H groups in total. The van der Waals surface area contributed by atoms with Crippen molar-refractivity contribution in [3.8, 4) is 22.8 Å². The lowest BCUT2D eigenvalue weighted by atomic mass is 9.88. The molecule has 0 bridgehead atoms. The fourth-order valence-electron chi connectivity index (χ4n) is 4.36. The number of nitrogens with two attached hydrogens (primary N) is 2. The minimum Gasteiger partial charge on any atom is -0.480 e. The molecule has 0 radical (unpaired) electrons. The number of aromatic nitrogens is 7. The lowest BCUT2D eigenvalue weighted by molar-refractivity contribution is -0.143. The van der Waals surface area contributed by atoms with Crippen LogP contribution in [0.5, 0.6) is 0 Å². The maximum absolute atomic E-state index is 13.3. The van der Waals surface area contributed by atoms with E-state index in [0.717, 1.165) is 17.8 Å². The zero-order valence-corrected chi connectivity index (χ0v) is 20.4. The molecule has 38 heavy (non-hydrogen) atoms. The largest absolute Gasteiger partial charge is 0.480 e. The second kappa shape index (κ2) is 11.7. The Balaban J connectivity index is 1.58. The molecule has 2 atom stereocenters. The molecule has 3 aromatic heterocycles. The van der Waals surface area contributed by atoms with Gasteiger partial charge in [0.1, 0.15) is 17.4 Å². The van der Waals surface area contributed by atoms with E-state index in [2.05, 4.69) is 30.9 Å². The van der Waals surface area contributed by atoms with E-state index in [4.69, 9.17) is 11.5 Å². The summed E-state index contributed by atoms with van der Waals surface area (Å²) in [6.45, 7) is 1.50. The molecule has 0 aliphatic carbocycles. The van der Waals surface area contributed by atoms with Crippen LogP contribution in [0.15, 0.2) is 30.6 Å². The summed E-state index contributed by atoms with van der Waals surface area (Å²) in [6.07, 6.45) is 4.19. The van der Waals surface area contributed by atoms with Crippen LogP contribution in [0, 0.1) is 5.92 Å². The van der Waals surface area contributed by atoms with Crippen molar-refractivity contribution in [2.75, 3.05) is 13.1 Å². The Kier molecular flexibility index (Phi) is 8.15. The van der Waals surface area contributed by atoms with Gasteiger partial charge in [-0.2, -0.15) is 0 Å². The van der Waals surface area contributed by atoms with Crippen LogP contribution in [0.3, 0.4) is 0 Å². The van der Waals surface area contributed by atoms with E-state index < -0.39 is 36.3 Å². The zero-order valence-electron chi connectivity index (χ0n) is 20.4. The third kappa shape index (κ3) is 6.23. The van der Waals surface area contributed by atoms with Gasteiger partial charge in [0.25, 0.3) is 0 Å². The van der Waals surface area contributed by atoms with Crippen molar-refractivity contribution in [1.82, 2.24) is 40.3 Å². The molecule has 15 heteroatoms. The SMILES string of the molecule is NC(=O)CC[C@@H](C(=O)C1CCNCC1)n1cc(-c2cccc(-c3cn([C@@H](CC(N)=O)C(=O)O)nn3)n2)nn1. The molecule has 4 heterocycles. The number of Topliss-reactive ketones (excluding diaryl/α,β-unsaturated/α-hetero) is 1. The molecule has 0 saturated carbocycles. The average Bonchev–Trinajstić information content (AvgIpc) is 3.58. The molecule has 3 aromatic rings. The van der Waals surface area contributed by atoms with Gasteiger partial charge in [-0.05, 0) is 44.5 Å². The van der Waals surface area contributed by atoms with Crippen LogP contribution in [-0.2, 0) is 19.2 Å². The van der Waals surface area contributed by atoms with Crippen molar-refractivity contribution in [3.05, 3.63) is 30.6 Å². The molecule has 2 amide bonds. The predicted octanol–water partition coefficient (Wildman–Crippen LogP) is -0.525. The highest BCUT2D eigenvalue weighted by Crippen LogP contribution is 2.26. The number of hydrogen-bond acceptors (Lipinski definition) is 10. The van der Waals surface area contributed by atoms with Gasteiger partial charge in [-0.3, -0.25) is 14.4 Å². The smallest absolute Gasteiger partial charge is 0.329 e. The number of carbonyl (C=O) groups is 4. The highest BCUT2D eigenvalue weighted by molar-refractivity contribution is 5.86. The van der Waals surface area contributed by atoms with Crippen molar-refractivity contribution < 1.29 is 24.3 Å². The summed E-state index contributed by atoms with van der Waals surface area (Å²) in [5.41, 5.74) is 12.0. The first-order valence-corrected chi connectivity index (χ1v) is 12.1. The number of nitrogens with zero attached hydrogens (tertiary/aromatic N) is 7. The first-order valence-electron chi connectivity index (χ1n) is 12.1. The van der Waals surface area contributed by atoms with Gasteiger partial charge in [0.05, 0.1) is 30.2 Å². The maximum atomic E-state index is 13.3.